The van der Waals surface area contributed by atoms with Crippen molar-refractivity contribution in [2.75, 3.05) is 26.7 Å². The van der Waals surface area contributed by atoms with Crippen LogP contribution in [0.15, 0.2) is 0 Å². The Balaban J connectivity index is 1.74. The van der Waals surface area contributed by atoms with Gasteiger partial charge in [-0.05, 0) is 25.2 Å². The van der Waals surface area contributed by atoms with Crippen molar-refractivity contribution in [3.05, 3.63) is 0 Å². The van der Waals surface area contributed by atoms with Gasteiger partial charge in [0.15, 0.2) is 0 Å². The first-order valence-corrected chi connectivity index (χ1v) is 9.07. The monoisotopic (exact) mass is 339 g/mol. The van der Waals surface area contributed by atoms with Crippen LogP contribution in [0.3, 0.4) is 0 Å². The number of nitrogens with zero attached hydrogens (tertiary/aromatic N) is 2. The minimum atomic E-state index is -0.626. The maximum absolute atomic E-state index is 13.0. The second kappa shape index (κ2) is 7.37. The number of methoxy groups -OCH3 is 1. The highest BCUT2D eigenvalue weighted by molar-refractivity contribution is 5.88. The minimum Gasteiger partial charge on any atom is -0.467 e. The van der Waals surface area contributed by atoms with Crippen LogP contribution in [0.4, 0.5) is 0 Å². The van der Waals surface area contributed by atoms with E-state index in [0.717, 1.165) is 25.7 Å². The van der Waals surface area contributed by atoms with Gasteiger partial charge in [-0.1, -0.05) is 19.3 Å². The molecule has 1 amide bonds. The number of carbonyl (C=O) groups excluding carboxylic acids is 2. The van der Waals surface area contributed by atoms with Crippen LogP contribution in [-0.4, -0.2) is 77.8 Å². The van der Waals surface area contributed by atoms with Gasteiger partial charge in [0.05, 0.1) is 19.3 Å². The first kappa shape index (κ1) is 17.6. The molecule has 1 aliphatic carbocycles. The molecule has 2 heterocycles. The number of nitrogens with two attached hydrogens (primary N) is 1. The molecule has 3 N–H and O–H groups in total. The molecule has 3 rings (SSSR count). The molecule has 0 bridgehead atoms. The maximum Gasteiger partial charge on any atom is 0.329 e. The Morgan fingerprint density at radius 2 is 1.88 bits per heavy atom. The Labute approximate surface area is 143 Å². The summed E-state index contributed by atoms with van der Waals surface area (Å²) >= 11 is 0. The number of aliphatic hydroxyl groups is 1. The summed E-state index contributed by atoms with van der Waals surface area (Å²) in [6.07, 6.45) is 5.66. The van der Waals surface area contributed by atoms with E-state index >= 15 is 0 Å². The molecule has 0 unspecified atom stereocenters. The second-order valence-corrected chi connectivity index (χ2v) is 7.45. The number of hydrogen-bond donors (Lipinski definition) is 2. The number of carbonyl (C=O) groups is 2. The van der Waals surface area contributed by atoms with E-state index in [1.165, 1.54) is 13.5 Å². The summed E-state index contributed by atoms with van der Waals surface area (Å²) in [5.74, 6) is -0.339. The Hall–Kier alpha value is -1.18. The lowest BCUT2D eigenvalue weighted by Crippen LogP contribution is -2.64. The lowest BCUT2D eigenvalue weighted by atomic mass is 9.83. The molecule has 0 aromatic carbocycles. The minimum absolute atomic E-state index is 0.100. The fourth-order valence-electron chi connectivity index (χ4n) is 4.51. The molecule has 2 aliphatic heterocycles. The normalized spacial score (nSPS) is 33.1. The van der Waals surface area contributed by atoms with Crippen LogP contribution in [0.1, 0.15) is 38.5 Å². The molecule has 3 fully saturated rings. The highest BCUT2D eigenvalue weighted by Gasteiger charge is 2.46. The lowest BCUT2D eigenvalue weighted by molar-refractivity contribution is -0.158. The van der Waals surface area contributed by atoms with E-state index in [-0.39, 0.29) is 17.9 Å². The average Bonchev–Trinajstić information content (AvgIpc) is 2.98. The predicted molar refractivity (Wildman–Crippen MR) is 88.1 cm³/mol. The Morgan fingerprint density at radius 3 is 2.54 bits per heavy atom. The number of amides is 1. The van der Waals surface area contributed by atoms with Crippen LogP contribution in [0.25, 0.3) is 0 Å². The molecule has 7 heteroatoms. The molecule has 0 aromatic rings. The van der Waals surface area contributed by atoms with E-state index in [1.54, 1.807) is 4.90 Å². The van der Waals surface area contributed by atoms with Crippen molar-refractivity contribution >= 4 is 11.9 Å². The van der Waals surface area contributed by atoms with Gasteiger partial charge >= 0.3 is 5.97 Å². The number of hydrogen-bond acceptors (Lipinski definition) is 6. The number of rotatable bonds is 3. The van der Waals surface area contributed by atoms with E-state index in [0.29, 0.717) is 26.1 Å². The summed E-state index contributed by atoms with van der Waals surface area (Å²) < 4.78 is 4.91. The Kier molecular flexibility index (Phi) is 5.42. The molecule has 0 spiro atoms. The third-order valence-corrected chi connectivity index (χ3v) is 5.90. The van der Waals surface area contributed by atoms with Crippen LogP contribution in [0.2, 0.25) is 0 Å². The van der Waals surface area contributed by atoms with Crippen LogP contribution >= 0.6 is 0 Å². The number of esters is 1. The molecule has 136 valence electrons. The van der Waals surface area contributed by atoms with Crippen molar-refractivity contribution in [2.24, 2.45) is 11.7 Å². The second-order valence-electron chi connectivity index (χ2n) is 7.45. The van der Waals surface area contributed by atoms with Crippen LogP contribution in [-0.2, 0) is 14.3 Å². The van der Waals surface area contributed by atoms with E-state index in [9.17, 15) is 14.7 Å². The fraction of sp³-hybridized carbons (Fsp3) is 0.882. The van der Waals surface area contributed by atoms with E-state index in [4.69, 9.17) is 10.5 Å². The number of aliphatic hydroxyl groups excluding tert-OH is 1. The molecule has 4 atom stereocenters. The molecule has 24 heavy (non-hydrogen) atoms. The molecule has 7 nitrogen and oxygen atoms in total. The van der Waals surface area contributed by atoms with E-state index < -0.39 is 24.2 Å². The quantitative estimate of drug-likeness (QED) is 0.686. The van der Waals surface area contributed by atoms with Gasteiger partial charge in [0.25, 0.3) is 0 Å². The summed E-state index contributed by atoms with van der Waals surface area (Å²) in [5.41, 5.74) is 6.28. The summed E-state index contributed by atoms with van der Waals surface area (Å²) in [4.78, 5) is 28.9. The molecule has 0 aromatic heterocycles. The largest absolute Gasteiger partial charge is 0.467 e. The third kappa shape index (κ3) is 3.43. The van der Waals surface area contributed by atoms with Crippen LogP contribution in [0.5, 0.6) is 0 Å². The number of fused-ring (bicyclic) bond motifs is 1. The Bertz CT molecular complexity index is 480. The van der Waals surface area contributed by atoms with Gasteiger partial charge in [-0.3, -0.25) is 9.69 Å². The van der Waals surface area contributed by atoms with Crippen molar-refractivity contribution in [1.29, 1.82) is 0 Å². The van der Waals surface area contributed by atoms with Gasteiger partial charge in [-0.15, -0.1) is 0 Å². The first-order valence-electron chi connectivity index (χ1n) is 9.07. The first-order chi connectivity index (χ1) is 11.5. The molecular formula is C17H29N3O4. The zero-order chi connectivity index (χ0) is 17.3. The zero-order valence-corrected chi connectivity index (χ0v) is 14.4. The highest BCUT2D eigenvalue weighted by atomic mass is 16.5. The smallest absolute Gasteiger partial charge is 0.329 e. The Morgan fingerprint density at radius 1 is 1.17 bits per heavy atom. The summed E-state index contributed by atoms with van der Waals surface area (Å²) in [6.45, 7) is 1.41. The number of ether oxygens (including phenoxy) is 1. The number of piperazine rings is 1. The summed E-state index contributed by atoms with van der Waals surface area (Å²) in [5, 5.41) is 9.89. The van der Waals surface area contributed by atoms with E-state index in [2.05, 4.69) is 4.90 Å². The molecule has 3 aliphatic rings. The zero-order valence-electron chi connectivity index (χ0n) is 14.4. The third-order valence-electron chi connectivity index (χ3n) is 5.90. The molecule has 2 saturated heterocycles. The summed E-state index contributed by atoms with van der Waals surface area (Å²) in [7, 11) is 1.34. The molecular weight excluding hydrogens is 310 g/mol. The predicted octanol–water partition coefficient (Wildman–Crippen LogP) is -0.287. The van der Waals surface area contributed by atoms with Gasteiger partial charge in [0, 0.05) is 25.7 Å². The SMILES string of the molecule is COC(=O)[C@@H]1CN2C[C@H](O)C[C@@H]2CN1C(=O)[C@@H](N)C1CCCCC1. The molecule has 1 saturated carbocycles. The van der Waals surface area contributed by atoms with Gasteiger partial charge < -0.3 is 20.5 Å². The van der Waals surface area contributed by atoms with Crippen molar-refractivity contribution in [2.45, 2.75) is 62.8 Å². The van der Waals surface area contributed by atoms with E-state index in [1.807, 2.05) is 0 Å². The van der Waals surface area contributed by atoms with Gasteiger partial charge in [-0.25, -0.2) is 4.79 Å². The summed E-state index contributed by atoms with van der Waals surface area (Å²) in [6, 6.07) is -1.07. The van der Waals surface area contributed by atoms with Crippen LogP contribution in [0, 0.1) is 5.92 Å². The fourth-order valence-corrected chi connectivity index (χ4v) is 4.51. The van der Waals surface area contributed by atoms with Crippen molar-refractivity contribution in [3.63, 3.8) is 0 Å². The average molecular weight is 339 g/mol. The van der Waals surface area contributed by atoms with Crippen molar-refractivity contribution < 1.29 is 19.4 Å². The van der Waals surface area contributed by atoms with Crippen molar-refractivity contribution in [3.8, 4) is 0 Å². The van der Waals surface area contributed by atoms with Gasteiger partial charge in [0.2, 0.25) is 5.91 Å². The van der Waals surface area contributed by atoms with Crippen molar-refractivity contribution in [1.82, 2.24) is 9.80 Å². The van der Waals surface area contributed by atoms with Gasteiger partial charge in [0.1, 0.15) is 6.04 Å². The lowest BCUT2D eigenvalue weighted by Gasteiger charge is -2.43. The molecule has 0 radical (unpaired) electrons. The van der Waals surface area contributed by atoms with Gasteiger partial charge in [-0.2, -0.15) is 0 Å². The topological polar surface area (TPSA) is 96.1 Å². The standard InChI is InChI=1S/C17H29N3O4/c1-24-17(23)14-10-19-9-13(21)7-12(19)8-20(14)16(22)15(18)11-5-3-2-4-6-11/h11-15,21H,2-10,18H2,1H3/t12-,13-,14+,15+/m1/s1. The van der Waals surface area contributed by atoms with Crippen LogP contribution < -0.4 is 5.73 Å². The maximum atomic E-state index is 13.0. The highest BCUT2D eigenvalue weighted by Crippen LogP contribution is 2.29.